The predicted molar refractivity (Wildman–Crippen MR) is 88.4 cm³/mol. The van der Waals surface area contributed by atoms with Gasteiger partial charge in [0.2, 0.25) is 9.70 Å². The Morgan fingerprint density at radius 1 is 1.18 bits per heavy atom. The Morgan fingerprint density at radius 3 is 2.05 bits per heavy atom. The zero-order valence-electron chi connectivity index (χ0n) is 12.2. The van der Waals surface area contributed by atoms with E-state index in [9.17, 15) is 14.9 Å². The number of anilines is 1. The second-order valence-electron chi connectivity index (χ2n) is 5.65. The quantitative estimate of drug-likeness (QED) is 0.366. The number of non-ortho nitro benzene ring substituents is 1. The SMILES string of the molecule is CC(C)(C)C(=O)NC(Nc1ccc([N+](=O)[O-])cc1)C(Cl)(Cl)Cl. The molecule has 1 amide bonds. The van der Waals surface area contributed by atoms with Crippen LogP contribution < -0.4 is 10.6 Å². The Hall–Kier alpha value is -1.24. The summed E-state index contributed by atoms with van der Waals surface area (Å²) in [4.78, 5) is 22.1. The highest BCUT2D eigenvalue weighted by Crippen LogP contribution is 2.32. The lowest BCUT2D eigenvalue weighted by molar-refractivity contribution is -0.384. The third kappa shape index (κ3) is 5.51. The van der Waals surface area contributed by atoms with Crippen molar-refractivity contribution in [2.24, 2.45) is 5.41 Å². The zero-order valence-corrected chi connectivity index (χ0v) is 14.5. The molecule has 0 heterocycles. The van der Waals surface area contributed by atoms with E-state index in [-0.39, 0.29) is 11.6 Å². The summed E-state index contributed by atoms with van der Waals surface area (Å²) in [5.74, 6) is -0.307. The van der Waals surface area contributed by atoms with E-state index >= 15 is 0 Å². The second-order valence-corrected chi connectivity index (χ2v) is 8.02. The number of nitrogens with one attached hydrogen (secondary N) is 2. The number of alkyl halides is 3. The van der Waals surface area contributed by atoms with Gasteiger partial charge in [0.15, 0.2) is 0 Å². The second kappa shape index (κ2) is 6.89. The fourth-order valence-electron chi connectivity index (χ4n) is 1.39. The van der Waals surface area contributed by atoms with Crippen LogP contribution in [0.2, 0.25) is 0 Å². The predicted octanol–water partition coefficient (Wildman–Crippen LogP) is 3.87. The molecule has 22 heavy (non-hydrogen) atoms. The van der Waals surface area contributed by atoms with E-state index in [0.717, 1.165) is 0 Å². The first-order chi connectivity index (χ1) is 9.91. The van der Waals surface area contributed by atoms with Crippen LogP contribution in [0.25, 0.3) is 0 Å². The summed E-state index contributed by atoms with van der Waals surface area (Å²) in [5, 5.41) is 16.1. The van der Waals surface area contributed by atoms with Gasteiger partial charge in [0, 0.05) is 23.2 Å². The van der Waals surface area contributed by atoms with Crippen molar-refractivity contribution in [1.82, 2.24) is 5.32 Å². The highest BCUT2D eigenvalue weighted by molar-refractivity contribution is 6.68. The molecule has 0 aliphatic heterocycles. The third-order valence-electron chi connectivity index (χ3n) is 2.67. The number of nitrogens with zero attached hydrogens (tertiary/aromatic N) is 1. The van der Waals surface area contributed by atoms with Gasteiger partial charge < -0.3 is 10.6 Å². The first-order valence-corrected chi connectivity index (χ1v) is 7.43. The number of nitro groups is 1. The van der Waals surface area contributed by atoms with E-state index in [1.165, 1.54) is 24.3 Å². The number of benzene rings is 1. The van der Waals surface area contributed by atoms with Gasteiger partial charge in [0.1, 0.15) is 6.17 Å². The molecule has 0 aromatic heterocycles. The average molecular weight is 369 g/mol. The number of hydrogen-bond acceptors (Lipinski definition) is 4. The molecule has 1 aromatic carbocycles. The fraction of sp³-hybridized carbons (Fsp3) is 0.462. The van der Waals surface area contributed by atoms with Crippen LogP contribution in [0.5, 0.6) is 0 Å². The Bertz CT molecular complexity index is 550. The van der Waals surface area contributed by atoms with Gasteiger partial charge in [-0.05, 0) is 12.1 Å². The van der Waals surface area contributed by atoms with E-state index in [0.29, 0.717) is 5.69 Å². The topological polar surface area (TPSA) is 84.3 Å². The molecule has 1 rings (SSSR count). The summed E-state index contributed by atoms with van der Waals surface area (Å²) < 4.78 is -1.80. The lowest BCUT2D eigenvalue weighted by Crippen LogP contribution is -2.52. The first-order valence-electron chi connectivity index (χ1n) is 6.30. The number of hydrogen-bond donors (Lipinski definition) is 2. The maximum Gasteiger partial charge on any atom is 0.269 e. The van der Waals surface area contributed by atoms with Gasteiger partial charge in [-0.15, -0.1) is 0 Å². The van der Waals surface area contributed by atoms with Crippen molar-refractivity contribution in [2.75, 3.05) is 5.32 Å². The molecule has 9 heteroatoms. The van der Waals surface area contributed by atoms with Gasteiger partial charge in [0.05, 0.1) is 4.92 Å². The number of carbonyl (C=O) groups is 1. The van der Waals surface area contributed by atoms with Crippen molar-refractivity contribution in [3.63, 3.8) is 0 Å². The molecular weight excluding hydrogens is 353 g/mol. The molecule has 0 aliphatic rings. The molecule has 1 unspecified atom stereocenters. The van der Waals surface area contributed by atoms with Crippen molar-refractivity contribution < 1.29 is 9.72 Å². The zero-order chi connectivity index (χ0) is 17.1. The molecule has 0 radical (unpaired) electrons. The molecule has 0 saturated heterocycles. The molecule has 1 aromatic rings. The van der Waals surface area contributed by atoms with E-state index in [1.54, 1.807) is 20.8 Å². The van der Waals surface area contributed by atoms with Crippen molar-refractivity contribution in [2.45, 2.75) is 30.7 Å². The number of carbonyl (C=O) groups excluding carboxylic acids is 1. The van der Waals surface area contributed by atoms with Crippen LogP contribution in [0, 0.1) is 15.5 Å². The Kier molecular flexibility index (Phi) is 5.89. The first kappa shape index (κ1) is 18.8. The van der Waals surface area contributed by atoms with E-state index < -0.39 is 20.3 Å². The standard InChI is InChI=1S/C13H16Cl3N3O3/c1-12(2,3)11(20)18-10(13(14,15)16)17-8-4-6-9(7-5-8)19(21)22/h4-7,10,17H,1-3H3,(H,18,20). The number of rotatable bonds is 4. The maximum absolute atomic E-state index is 12.0. The number of amides is 1. The molecule has 0 spiro atoms. The molecule has 0 bridgehead atoms. The van der Waals surface area contributed by atoms with Gasteiger partial charge in [-0.2, -0.15) is 0 Å². The van der Waals surface area contributed by atoms with Crippen LogP contribution in [0.15, 0.2) is 24.3 Å². The third-order valence-corrected chi connectivity index (χ3v) is 3.33. The normalized spacial score (nSPS) is 13.4. The molecule has 1 atom stereocenters. The molecule has 0 saturated carbocycles. The summed E-state index contributed by atoms with van der Waals surface area (Å²) in [6.07, 6.45) is -0.995. The number of nitro benzene ring substituents is 1. The minimum Gasteiger partial charge on any atom is -0.362 e. The van der Waals surface area contributed by atoms with Crippen LogP contribution in [0.4, 0.5) is 11.4 Å². The highest BCUT2D eigenvalue weighted by atomic mass is 35.6. The van der Waals surface area contributed by atoms with Gasteiger partial charge in [-0.25, -0.2) is 0 Å². The lowest BCUT2D eigenvalue weighted by atomic mass is 9.95. The minimum atomic E-state index is -1.80. The van der Waals surface area contributed by atoms with Crippen LogP contribution in [0.3, 0.4) is 0 Å². The van der Waals surface area contributed by atoms with Gasteiger partial charge in [-0.1, -0.05) is 55.6 Å². The summed E-state index contributed by atoms with van der Waals surface area (Å²) in [7, 11) is 0. The van der Waals surface area contributed by atoms with Gasteiger partial charge in [0.25, 0.3) is 5.69 Å². The number of halogens is 3. The molecular formula is C13H16Cl3N3O3. The molecule has 0 aliphatic carbocycles. The molecule has 2 N–H and O–H groups in total. The van der Waals surface area contributed by atoms with Gasteiger partial charge >= 0.3 is 0 Å². The Balaban J connectivity index is 2.90. The van der Waals surface area contributed by atoms with Crippen LogP contribution in [-0.2, 0) is 4.79 Å². The lowest BCUT2D eigenvalue weighted by Gasteiger charge is -2.30. The van der Waals surface area contributed by atoms with Crippen molar-refractivity contribution in [1.29, 1.82) is 0 Å². The van der Waals surface area contributed by atoms with Crippen LogP contribution in [-0.4, -0.2) is 20.8 Å². The average Bonchev–Trinajstić information content (AvgIpc) is 2.36. The minimum absolute atomic E-state index is 0.0605. The Labute approximate surface area is 143 Å². The Morgan fingerprint density at radius 2 is 1.68 bits per heavy atom. The summed E-state index contributed by atoms with van der Waals surface area (Å²) in [6.45, 7) is 5.18. The smallest absolute Gasteiger partial charge is 0.269 e. The van der Waals surface area contributed by atoms with Gasteiger partial charge in [-0.3, -0.25) is 14.9 Å². The van der Waals surface area contributed by atoms with Crippen molar-refractivity contribution in [3.05, 3.63) is 34.4 Å². The van der Waals surface area contributed by atoms with Crippen LogP contribution in [0.1, 0.15) is 20.8 Å². The van der Waals surface area contributed by atoms with Crippen molar-refractivity contribution in [3.8, 4) is 0 Å². The summed E-state index contributed by atoms with van der Waals surface area (Å²) in [6, 6.07) is 5.54. The monoisotopic (exact) mass is 367 g/mol. The summed E-state index contributed by atoms with van der Waals surface area (Å²) >= 11 is 17.6. The maximum atomic E-state index is 12.0. The largest absolute Gasteiger partial charge is 0.362 e. The molecule has 0 fully saturated rings. The van der Waals surface area contributed by atoms with Crippen LogP contribution >= 0.6 is 34.8 Å². The molecule has 6 nitrogen and oxygen atoms in total. The van der Waals surface area contributed by atoms with Crippen molar-refractivity contribution >= 4 is 52.1 Å². The van der Waals surface area contributed by atoms with E-state index in [1.807, 2.05) is 0 Å². The van der Waals surface area contributed by atoms with E-state index in [2.05, 4.69) is 10.6 Å². The molecule has 122 valence electrons. The summed E-state index contributed by atoms with van der Waals surface area (Å²) in [5.41, 5.74) is -0.253. The fourth-order valence-corrected chi connectivity index (χ4v) is 1.72. The van der Waals surface area contributed by atoms with E-state index in [4.69, 9.17) is 34.8 Å². The highest BCUT2D eigenvalue weighted by Gasteiger charge is 2.36.